The Labute approximate surface area is 332 Å². The minimum Gasteiger partial charge on any atom is -0.368 e. The van der Waals surface area contributed by atoms with E-state index in [1.165, 1.54) is 26.4 Å². The SMILES string of the molecule is CCCC[C@H](NC(C)=O)C(=O)N[C@H](C(=O)N[C@@H](Cc1cnc[nH]1)C(=O)N[C@@H](Cc1c[nH]c2ccccc12)C(=O)N[C@@H](CCCCN)C(=O)N[C@@H](C)C(N)=O)C(C)C. The number of carbonyl (C=O) groups is 7. The molecule has 0 saturated heterocycles. The second kappa shape index (κ2) is 22.7. The molecule has 7 amide bonds. The van der Waals surface area contributed by atoms with Gasteiger partial charge in [0, 0.05) is 48.8 Å². The molecular weight excluding hydrogens is 734 g/mol. The van der Waals surface area contributed by atoms with Crippen molar-refractivity contribution < 1.29 is 33.6 Å². The van der Waals surface area contributed by atoms with E-state index in [0.29, 0.717) is 43.5 Å². The van der Waals surface area contributed by atoms with Gasteiger partial charge in [0.2, 0.25) is 41.4 Å². The Morgan fingerprint density at radius 3 is 1.93 bits per heavy atom. The second-order valence-corrected chi connectivity index (χ2v) is 14.6. The molecule has 0 bridgehead atoms. The van der Waals surface area contributed by atoms with Gasteiger partial charge in [-0.25, -0.2) is 4.98 Å². The largest absolute Gasteiger partial charge is 0.368 e. The summed E-state index contributed by atoms with van der Waals surface area (Å²) in [5, 5.41) is 17.1. The van der Waals surface area contributed by atoms with Crippen LogP contribution in [-0.2, 0) is 46.4 Å². The number of carbonyl (C=O) groups excluding carboxylic acids is 7. The molecule has 3 rings (SSSR count). The standard InChI is InChI=1S/C39H59N11O7/c1-6-7-13-29(46-24(5)51)36(54)50-33(22(2)3)39(57)49-32(18-26-20-42-21-44-26)38(56)48-31(17-25-19-43-28-14-9-8-12-27(25)28)37(55)47-30(15-10-11-16-40)35(53)45-23(4)34(41)52/h8-9,12,14,19-23,29-33,43H,6-7,10-11,13,15-18,40H2,1-5H3,(H2,41,52)(H,42,44)(H,45,53)(H,46,51)(H,47,55)(H,48,56)(H,49,57)(H,50,54)/t23-,29-,30-,31-,32-,33-/m0/s1. The number of aromatic nitrogens is 3. The average Bonchev–Trinajstić information content (AvgIpc) is 3.84. The molecule has 12 N–H and O–H groups in total. The first kappa shape index (κ1) is 45.6. The predicted molar refractivity (Wildman–Crippen MR) is 214 cm³/mol. The molecule has 0 radical (unpaired) electrons. The van der Waals surface area contributed by atoms with Crippen molar-refractivity contribution in [2.24, 2.45) is 17.4 Å². The number of fused-ring (bicyclic) bond motifs is 1. The van der Waals surface area contributed by atoms with E-state index in [0.717, 1.165) is 17.3 Å². The Morgan fingerprint density at radius 2 is 1.32 bits per heavy atom. The monoisotopic (exact) mass is 793 g/mol. The molecule has 312 valence electrons. The topological polar surface area (TPSA) is 288 Å². The van der Waals surface area contributed by atoms with Crippen LogP contribution in [0.25, 0.3) is 10.9 Å². The van der Waals surface area contributed by atoms with Gasteiger partial charge in [-0.05, 0) is 56.7 Å². The first-order valence-electron chi connectivity index (χ1n) is 19.5. The van der Waals surface area contributed by atoms with Crippen molar-refractivity contribution in [1.82, 2.24) is 46.9 Å². The van der Waals surface area contributed by atoms with Crippen LogP contribution in [0.3, 0.4) is 0 Å². The van der Waals surface area contributed by atoms with Crippen molar-refractivity contribution in [3.8, 4) is 0 Å². The van der Waals surface area contributed by atoms with E-state index >= 15 is 0 Å². The Kier molecular flexibility index (Phi) is 18.2. The molecule has 57 heavy (non-hydrogen) atoms. The number of aromatic amines is 2. The van der Waals surface area contributed by atoms with Crippen molar-refractivity contribution in [3.63, 3.8) is 0 Å². The van der Waals surface area contributed by atoms with Gasteiger partial charge in [-0.2, -0.15) is 0 Å². The number of imidazole rings is 1. The van der Waals surface area contributed by atoms with E-state index in [1.54, 1.807) is 20.0 Å². The lowest BCUT2D eigenvalue weighted by Gasteiger charge is -2.28. The lowest BCUT2D eigenvalue weighted by molar-refractivity contribution is -0.135. The number of para-hydroxylation sites is 1. The fourth-order valence-corrected chi connectivity index (χ4v) is 6.22. The number of nitrogens with zero attached hydrogens (tertiary/aromatic N) is 1. The highest BCUT2D eigenvalue weighted by Gasteiger charge is 2.34. The Balaban J connectivity index is 1.94. The number of unbranched alkanes of at least 4 members (excludes halogenated alkanes) is 2. The number of H-pyrrole nitrogens is 2. The van der Waals surface area contributed by atoms with Gasteiger partial charge in [-0.3, -0.25) is 33.6 Å². The van der Waals surface area contributed by atoms with Crippen molar-refractivity contribution >= 4 is 52.3 Å². The van der Waals surface area contributed by atoms with Gasteiger partial charge in [0.05, 0.1) is 6.33 Å². The summed E-state index contributed by atoms with van der Waals surface area (Å²) in [7, 11) is 0. The van der Waals surface area contributed by atoms with Crippen molar-refractivity contribution in [2.45, 2.75) is 122 Å². The number of nitrogens with one attached hydrogen (secondary N) is 8. The third-order valence-corrected chi connectivity index (χ3v) is 9.50. The fraction of sp³-hybridized carbons (Fsp3) is 0.538. The lowest BCUT2D eigenvalue weighted by atomic mass is 10.00. The highest BCUT2D eigenvalue weighted by Crippen LogP contribution is 2.20. The molecule has 3 aromatic rings. The van der Waals surface area contributed by atoms with Crippen LogP contribution in [0.1, 0.15) is 84.4 Å². The predicted octanol–water partition coefficient (Wildman–Crippen LogP) is 0.0853. The van der Waals surface area contributed by atoms with Crippen LogP contribution in [0.5, 0.6) is 0 Å². The maximum absolute atomic E-state index is 14.3. The molecule has 18 nitrogen and oxygen atoms in total. The van der Waals surface area contributed by atoms with Crippen molar-refractivity contribution in [1.29, 1.82) is 0 Å². The molecule has 0 unspecified atom stereocenters. The van der Waals surface area contributed by atoms with Gasteiger partial charge in [0.15, 0.2) is 0 Å². The molecule has 0 aliphatic carbocycles. The lowest BCUT2D eigenvalue weighted by Crippen LogP contribution is -2.61. The number of rotatable bonds is 24. The number of amides is 7. The minimum absolute atomic E-state index is 0.00584. The zero-order chi connectivity index (χ0) is 42.1. The summed E-state index contributed by atoms with van der Waals surface area (Å²) in [5.74, 6) is -4.81. The third-order valence-electron chi connectivity index (χ3n) is 9.50. The summed E-state index contributed by atoms with van der Waals surface area (Å²) in [6.45, 7) is 8.53. The molecule has 18 heteroatoms. The van der Waals surface area contributed by atoms with Gasteiger partial charge in [-0.1, -0.05) is 51.8 Å². The van der Waals surface area contributed by atoms with Gasteiger partial charge >= 0.3 is 0 Å². The summed E-state index contributed by atoms with van der Waals surface area (Å²) < 4.78 is 0. The van der Waals surface area contributed by atoms with Crippen LogP contribution < -0.4 is 43.4 Å². The van der Waals surface area contributed by atoms with Crippen LogP contribution in [0, 0.1) is 5.92 Å². The molecule has 0 spiro atoms. The summed E-state index contributed by atoms with van der Waals surface area (Å²) in [6.07, 6.45) is 7.65. The van der Waals surface area contributed by atoms with Gasteiger partial charge < -0.3 is 53.3 Å². The fourth-order valence-electron chi connectivity index (χ4n) is 6.22. The molecule has 2 aromatic heterocycles. The zero-order valence-electron chi connectivity index (χ0n) is 33.4. The first-order chi connectivity index (χ1) is 27.1. The Hall–Kier alpha value is -5.78. The number of nitrogens with two attached hydrogens (primary N) is 2. The molecule has 1 aromatic carbocycles. The third kappa shape index (κ3) is 14.3. The highest BCUT2D eigenvalue weighted by molar-refractivity contribution is 5.97. The average molecular weight is 794 g/mol. The molecule has 6 atom stereocenters. The maximum atomic E-state index is 14.3. The van der Waals surface area contributed by atoms with E-state index < -0.39 is 77.6 Å². The van der Waals surface area contributed by atoms with Crippen molar-refractivity contribution in [2.75, 3.05) is 6.54 Å². The Morgan fingerprint density at radius 1 is 0.719 bits per heavy atom. The number of hydrogen-bond donors (Lipinski definition) is 10. The minimum atomic E-state index is -1.26. The second-order valence-electron chi connectivity index (χ2n) is 14.6. The van der Waals surface area contributed by atoms with E-state index in [-0.39, 0.29) is 25.2 Å². The zero-order valence-corrected chi connectivity index (χ0v) is 33.4. The van der Waals surface area contributed by atoms with Gasteiger partial charge in [0.1, 0.15) is 36.3 Å². The van der Waals surface area contributed by atoms with E-state index in [2.05, 4.69) is 46.9 Å². The van der Waals surface area contributed by atoms with Gasteiger partial charge in [-0.15, -0.1) is 0 Å². The van der Waals surface area contributed by atoms with E-state index in [9.17, 15) is 33.6 Å². The summed E-state index contributed by atoms with van der Waals surface area (Å²) in [6, 6.07) is 0.862. The molecule has 0 fully saturated rings. The smallest absolute Gasteiger partial charge is 0.243 e. The molecule has 0 saturated carbocycles. The number of hydrogen-bond acceptors (Lipinski definition) is 9. The number of benzene rings is 1. The van der Waals surface area contributed by atoms with Crippen LogP contribution in [0.15, 0.2) is 43.0 Å². The quantitative estimate of drug-likeness (QED) is 0.0549. The van der Waals surface area contributed by atoms with Gasteiger partial charge in [0.25, 0.3) is 0 Å². The first-order valence-corrected chi connectivity index (χ1v) is 19.5. The van der Waals surface area contributed by atoms with Crippen LogP contribution in [0.4, 0.5) is 0 Å². The maximum Gasteiger partial charge on any atom is 0.243 e. The molecule has 2 heterocycles. The molecular formula is C39H59N11O7. The van der Waals surface area contributed by atoms with Crippen LogP contribution in [0.2, 0.25) is 0 Å². The summed E-state index contributed by atoms with van der Waals surface area (Å²) >= 11 is 0. The molecule has 0 aliphatic heterocycles. The molecule has 0 aliphatic rings. The van der Waals surface area contributed by atoms with E-state index in [4.69, 9.17) is 11.5 Å². The Bertz CT molecular complexity index is 1810. The highest BCUT2D eigenvalue weighted by atomic mass is 16.2. The summed E-state index contributed by atoms with van der Waals surface area (Å²) in [4.78, 5) is 103. The number of primary amides is 1. The van der Waals surface area contributed by atoms with Crippen LogP contribution >= 0.6 is 0 Å². The van der Waals surface area contributed by atoms with E-state index in [1.807, 2.05) is 31.2 Å². The summed E-state index contributed by atoms with van der Waals surface area (Å²) in [5.41, 5.74) is 13.1. The van der Waals surface area contributed by atoms with Crippen molar-refractivity contribution in [3.05, 3.63) is 54.2 Å². The van der Waals surface area contributed by atoms with Crippen LogP contribution in [-0.4, -0.2) is 99.1 Å². The normalized spacial score (nSPS) is 14.4.